The van der Waals surface area contributed by atoms with Gasteiger partial charge in [0.25, 0.3) is 0 Å². The first-order valence-corrected chi connectivity index (χ1v) is 6.70. The number of hydrogen-bond acceptors (Lipinski definition) is 2. The van der Waals surface area contributed by atoms with Crippen LogP contribution in [0.2, 0.25) is 0 Å². The molecule has 1 saturated heterocycles. The fraction of sp³-hybridized carbons (Fsp3) is 1.00. The summed E-state index contributed by atoms with van der Waals surface area (Å²) in [4.78, 5) is 0. The highest BCUT2D eigenvalue weighted by Crippen LogP contribution is 2.36. The highest BCUT2D eigenvalue weighted by atomic mass is 14.9. The molecule has 1 saturated carbocycles. The van der Waals surface area contributed by atoms with Crippen molar-refractivity contribution in [2.45, 2.75) is 45.6 Å². The van der Waals surface area contributed by atoms with Crippen LogP contribution in [0.5, 0.6) is 0 Å². The van der Waals surface area contributed by atoms with Crippen LogP contribution in [0.1, 0.15) is 39.5 Å². The van der Waals surface area contributed by atoms with Gasteiger partial charge in [0.1, 0.15) is 0 Å². The molecule has 3 unspecified atom stereocenters. The lowest BCUT2D eigenvalue weighted by Gasteiger charge is -2.28. The molecule has 0 aromatic rings. The number of hydrogen-bond donors (Lipinski definition) is 2. The van der Waals surface area contributed by atoms with E-state index in [9.17, 15) is 0 Å². The van der Waals surface area contributed by atoms with Crippen molar-refractivity contribution in [1.29, 1.82) is 0 Å². The first-order valence-electron chi connectivity index (χ1n) is 6.70. The lowest BCUT2D eigenvalue weighted by molar-refractivity contribution is 0.298. The Kier molecular flexibility index (Phi) is 4.04. The van der Waals surface area contributed by atoms with Gasteiger partial charge in [-0.05, 0) is 70.0 Å². The van der Waals surface area contributed by atoms with Gasteiger partial charge in [-0.2, -0.15) is 0 Å². The summed E-state index contributed by atoms with van der Waals surface area (Å²) in [6, 6.07) is 0.728. The highest BCUT2D eigenvalue weighted by molar-refractivity contribution is 4.81. The summed E-state index contributed by atoms with van der Waals surface area (Å²) in [5, 5.41) is 7.18. The molecule has 88 valence electrons. The Labute approximate surface area is 94.2 Å². The summed E-state index contributed by atoms with van der Waals surface area (Å²) in [5.41, 5.74) is 0. The average Bonchev–Trinajstić information content (AvgIpc) is 3.00. The summed E-state index contributed by atoms with van der Waals surface area (Å²) in [6.45, 7) is 8.40. The molecule has 2 fully saturated rings. The van der Waals surface area contributed by atoms with Crippen molar-refractivity contribution in [1.82, 2.24) is 10.6 Å². The van der Waals surface area contributed by atoms with E-state index in [-0.39, 0.29) is 0 Å². The molecule has 3 atom stereocenters. The topological polar surface area (TPSA) is 24.1 Å². The molecule has 0 amide bonds. The third kappa shape index (κ3) is 3.76. The Morgan fingerprint density at radius 1 is 1.33 bits per heavy atom. The molecule has 1 heterocycles. The maximum Gasteiger partial charge on any atom is 0.00418 e. The second-order valence-electron chi connectivity index (χ2n) is 5.72. The minimum absolute atomic E-state index is 0.728. The molecule has 1 aliphatic carbocycles. The van der Waals surface area contributed by atoms with Crippen LogP contribution in [0, 0.1) is 17.8 Å². The second-order valence-corrected chi connectivity index (χ2v) is 5.72. The molecular formula is C13H26N2. The number of piperidine rings is 1. The van der Waals surface area contributed by atoms with Crippen LogP contribution in [-0.4, -0.2) is 25.7 Å². The maximum atomic E-state index is 3.67. The van der Waals surface area contributed by atoms with E-state index in [0.29, 0.717) is 0 Å². The summed E-state index contributed by atoms with van der Waals surface area (Å²) < 4.78 is 0. The van der Waals surface area contributed by atoms with E-state index in [4.69, 9.17) is 0 Å². The molecule has 0 aromatic carbocycles. The zero-order chi connectivity index (χ0) is 10.7. The first kappa shape index (κ1) is 11.4. The highest BCUT2D eigenvalue weighted by Gasteiger charge is 2.27. The standard InChI is InChI=1S/C13H26N2/c1-10(13-3-4-13)8-14-9-12-5-6-15-11(2)7-12/h10-15H,3-9H2,1-2H3. The lowest BCUT2D eigenvalue weighted by atomic mass is 9.93. The van der Waals surface area contributed by atoms with Gasteiger partial charge < -0.3 is 10.6 Å². The molecule has 2 N–H and O–H groups in total. The Bertz CT molecular complexity index is 189. The summed E-state index contributed by atoms with van der Waals surface area (Å²) in [5.74, 6) is 2.86. The second kappa shape index (κ2) is 5.31. The van der Waals surface area contributed by atoms with Crippen LogP contribution in [0.4, 0.5) is 0 Å². The van der Waals surface area contributed by atoms with Crippen LogP contribution in [0.3, 0.4) is 0 Å². The molecule has 1 aliphatic heterocycles. The fourth-order valence-corrected chi connectivity index (χ4v) is 2.77. The molecule has 2 aliphatic rings. The third-order valence-corrected chi connectivity index (χ3v) is 4.06. The zero-order valence-electron chi connectivity index (χ0n) is 10.3. The smallest absolute Gasteiger partial charge is 0.00418 e. The van der Waals surface area contributed by atoms with Gasteiger partial charge in [-0.25, -0.2) is 0 Å². The summed E-state index contributed by atoms with van der Waals surface area (Å²) >= 11 is 0. The fourth-order valence-electron chi connectivity index (χ4n) is 2.77. The van der Waals surface area contributed by atoms with E-state index in [1.807, 2.05) is 0 Å². The molecule has 2 heteroatoms. The molecule has 0 bridgehead atoms. The quantitative estimate of drug-likeness (QED) is 0.725. The third-order valence-electron chi connectivity index (χ3n) is 4.06. The zero-order valence-corrected chi connectivity index (χ0v) is 10.3. The number of rotatable bonds is 5. The van der Waals surface area contributed by atoms with Gasteiger partial charge >= 0.3 is 0 Å². The van der Waals surface area contributed by atoms with Crippen LogP contribution < -0.4 is 10.6 Å². The van der Waals surface area contributed by atoms with Crippen LogP contribution in [0.25, 0.3) is 0 Å². The first-order chi connectivity index (χ1) is 7.25. The van der Waals surface area contributed by atoms with Crippen molar-refractivity contribution in [3.05, 3.63) is 0 Å². The van der Waals surface area contributed by atoms with Gasteiger partial charge in [-0.1, -0.05) is 6.92 Å². The average molecular weight is 210 g/mol. The van der Waals surface area contributed by atoms with E-state index >= 15 is 0 Å². The largest absolute Gasteiger partial charge is 0.316 e. The van der Waals surface area contributed by atoms with Crippen molar-refractivity contribution in [3.63, 3.8) is 0 Å². The monoisotopic (exact) mass is 210 g/mol. The molecule has 0 radical (unpaired) electrons. The predicted octanol–water partition coefficient (Wildman–Crippen LogP) is 2.01. The van der Waals surface area contributed by atoms with Crippen LogP contribution in [-0.2, 0) is 0 Å². The van der Waals surface area contributed by atoms with Crippen molar-refractivity contribution in [3.8, 4) is 0 Å². The Morgan fingerprint density at radius 3 is 2.80 bits per heavy atom. The van der Waals surface area contributed by atoms with Crippen molar-refractivity contribution in [2.75, 3.05) is 19.6 Å². The van der Waals surface area contributed by atoms with E-state index < -0.39 is 0 Å². The molecular weight excluding hydrogens is 184 g/mol. The van der Waals surface area contributed by atoms with Crippen LogP contribution in [0.15, 0.2) is 0 Å². The predicted molar refractivity (Wildman–Crippen MR) is 64.9 cm³/mol. The van der Waals surface area contributed by atoms with Crippen molar-refractivity contribution in [2.24, 2.45) is 17.8 Å². The molecule has 0 spiro atoms. The maximum absolute atomic E-state index is 3.67. The van der Waals surface area contributed by atoms with Gasteiger partial charge in [0.05, 0.1) is 0 Å². The van der Waals surface area contributed by atoms with E-state index in [1.54, 1.807) is 0 Å². The van der Waals surface area contributed by atoms with Gasteiger partial charge in [0.15, 0.2) is 0 Å². The van der Waals surface area contributed by atoms with E-state index in [1.165, 1.54) is 45.3 Å². The SMILES string of the molecule is CC1CC(CNCC(C)C2CC2)CCN1. The normalized spacial score (nSPS) is 34.0. The van der Waals surface area contributed by atoms with Gasteiger partial charge in [0.2, 0.25) is 0 Å². The molecule has 2 rings (SSSR count). The van der Waals surface area contributed by atoms with E-state index in [2.05, 4.69) is 24.5 Å². The van der Waals surface area contributed by atoms with Gasteiger partial charge in [0, 0.05) is 6.04 Å². The van der Waals surface area contributed by atoms with Crippen LogP contribution >= 0.6 is 0 Å². The lowest BCUT2D eigenvalue weighted by Crippen LogP contribution is -2.40. The minimum atomic E-state index is 0.728. The number of nitrogens with one attached hydrogen (secondary N) is 2. The Balaban J connectivity index is 1.56. The molecule has 2 nitrogen and oxygen atoms in total. The van der Waals surface area contributed by atoms with E-state index in [0.717, 1.165) is 23.8 Å². The van der Waals surface area contributed by atoms with Crippen molar-refractivity contribution < 1.29 is 0 Å². The van der Waals surface area contributed by atoms with Gasteiger partial charge in [-0.3, -0.25) is 0 Å². The van der Waals surface area contributed by atoms with Gasteiger partial charge in [-0.15, -0.1) is 0 Å². The summed E-state index contributed by atoms with van der Waals surface area (Å²) in [6.07, 6.45) is 5.67. The van der Waals surface area contributed by atoms with Crippen molar-refractivity contribution >= 4 is 0 Å². The molecule has 0 aromatic heterocycles. The molecule has 15 heavy (non-hydrogen) atoms. The Hall–Kier alpha value is -0.0800. The summed E-state index contributed by atoms with van der Waals surface area (Å²) in [7, 11) is 0. The minimum Gasteiger partial charge on any atom is -0.316 e. The Morgan fingerprint density at radius 2 is 2.13 bits per heavy atom.